The van der Waals surface area contributed by atoms with Gasteiger partial charge in [0.05, 0.1) is 40.7 Å². The molecule has 2 aromatic heterocycles. The third-order valence-corrected chi connectivity index (χ3v) is 7.58. The van der Waals surface area contributed by atoms with Crippen molar-refractivity contribution >= 4 is 16.7 Å². The number of para-hydroxylation sites is 1. The maximum atomic E-state index is 13.5. The summed E-state index contributed by atoms with van der Waals surface area (Å²) in [4.78, 5) is 18.2. The first-order valence-electron chi connectivity index (χ1n) is 12.0. The third kappa shape index (κ3) is 3.57. The maximum absolute atomic E-state index is 13.5. The van der Waals surface area contributed by atoms with Gasteiger partial charge in [0, 0.05) is 25.7 Å². The quantitative estimate of drug-likeness (QED) is 0.646. The van der Waals surface area contributed by atoms with Crippen molar-refractivity contribution in [2.24, 2.45) is 0 Å². The standard InChI is InChI=1S/C25H31FN6/c1-16-13-17(26)14-27-23(16)19-6-2-8-21(28-19)25-29-20-7-3-9-22(24(20)30-25)32-12-11-31-10-4-5-18(31)15-32/h3,7,9,13-14,18-19,21,28H,2,4-6,8,10-12,15H2,1H3,(H,29,30)/t18?,19-,21+/m0/s1. The number of fused-ring (bicyclic) bond motifs is 2. The second kappa shape index (κ2) is 8.12. The molecule has 1 aromatic carbocycles. The minimum atomic E-state index is -0.276. The number of aromatic nitrogens is 3. The van der Waals surface area contributed by atoms with Crippen LogP contribution < -0.4 is 10.2 Å². The van der Waals surface area contributed by atoms with Gasteiger partial charge in [0.2, 0.25) is 0 Å². The van der Waals surface area contributed by atoms with Gasteiger partial charge < -0.3 is 9.88 Å². The Kier molecular flexibility index (Phi) is 5.11. The monoisotopic (exact) mass is 434 g/mol. The first-order valence-corrected chi connectivity index (χ1v) is 12.0. The predicted molar refractivity (Wildman–Crippen MR) is 124 cm³/mol. The molecule has 7 heteroatoms. The highest BCUT2D eigenvalue weighted by Crippen LogP contribution is 2.35. The number of nitrogens with one attached hydrogen (secondary N) is 2. The van der Waals surface area contributed by atoms with Crippen LogP contribution in [0.15, 0.2) is 30.5 Å². The normalized spacial score (nSPS) is 26.6. The van der Waals surface area contributed by atoms with Crippen molar-refractivity contribution in [3.05, 3.63) is 53.4 Å². The molecule has 3 aliphatic rings. The third-order valence-electron chi connectivity index (χ3n) is 7.58. The zero-order valence-corrected chi connectivity index (χ0v) is 18.6. The van der Waals surface area contributed by atoms with Crippen molar-refractivity contribution in [1.82, 2.24) is 25.2 Å². The van der Waals surface area contributed by atoms with E-state index in [1.54, 1.807) is 6.07 Å². The Hall–Kier alpha value is -2.51. The summed E-state index contributed by atoms with van der Waals surface area (Å²) in [6, 6.07) is 9.00. The molecule has 32 heavy (non-hydrogen) atoms. The van der Waals surface area contributed by atoms with Gasteiger partial charge in [-0.1, -0.05) is 6.07 Å². The minimum Gasteiger partial charge on any atom is -0.367 e. The predicted octanol–water partition coefficient (Wildman–Crippen LogP) is 4.25. The highest BCUT2D eigenvalue weighted by Gasteiger charge is 2.32. The molecule has 0 saturated carbocycles. The molecular weight excluding hydrogens is 403 g/mol. The Morgan fingerprint density at radius 3 is 2.88 bits per heavy atom. The van der Waals surface area contributed by atoms with Crippen LogP contribution in [0.1, 0.15) is 61.3 Å². The van der Waals surface area contributed by atoms with Crippen molar-refractivity contribution in [2.75, 3.05) is 31.1 Å². The van der Waals surface area contributed by atoms with Gasteiger partial charge in [-0.05, 0) is 69.3 Å². The molecule has 5 heterocycles. The Balaban J connectivity index is 1.26. The Morgan fingerprint density at radius 2 is 1.97 bits per heavy atom. The topological polar surface area (TPSA) is 60.1 Å². The van der Waals surface area contributed by atoms with E-state index in [4.69, 9.17) is 4.98 Å². The van der Waals surface area contributed by atoms with E-state index >= 15 is 0 Å². The number of pyridine rings is 1. The Bertz CT molecular complexity index is 1130. The molecule has 3 saturated heterocycles. The van der Waals surface area contributed by atoms with E-state index < -0.39 is 0 Å². The molecule has 6 rings (SSSR count). The molecule has 0 amide bonds. The Morgan fingerprint density at radius 1 is 1.06 bits per heavy atom. The highest BCUT2D eigenvalue weighted by atomic mass is 19.1. The van der Waals surface area contributed by atoms with Crippen LogP contribution in [0.4, 0.5) is 10.1 Å². The first kappa shape index (κ1) is 20.1. The van der Waals surface area contributed by atoms with Crippen LogP contribution in [-0.2, 0) is 0 Å². The number of halogens is 1. The van der Waals surface area contributed by atoms with E-state index in [0.717, 1.165) is 67.0 Å². The fourth-order valence-electron chi connectivity index (χ4n) is 5.96. The van der Waals surface area contributed by atoms with Gasteiger partial charge in [-0.3, -0.25) is 15.2 Å². The lowest BCUT2D eigenvalue weighted by atomic mass is 9.94. The number of benzene rings is 1. The molecule has 1 unspecified atom stereocenters. The Labute approximate surface area is 188 Å². The van der Waals surface area contributed by atoms with E-state index in [-0.39, 0.29) is 17.9 Å². The van der Waals surface area contributed by atoms with Crippen molar-refractivity contribution in [2.45, 2.75) is 57.2 Å². The summed E-state index contributed by atoms with van der Waals surface area (Å²) < 4.78 is 13.5. The largest absolute Gasteiger partial charge is 0.367 e. The average molecular weight is 435 g/mol. The average Bonchev–Trinajstić information content (AvgIpc) is 3.45. The molecule has 3 aliphatic heterocycles. The number of imidazole rings is 1. The summed E-state index contributed by atoms with van der Waals surface area (Å²) in [5.41, 5.74) is 5.31. The second-order valence-electron chi connectivity index (χ2n) is 9.63. The van der Waals surface area contributed by atoms with Crippen LogP contribution in [0.2, 0.25) is 0 Å². The fourth-order valence-corrected chi connectivity index (χ4v) is 5.96. The zero-order chi connectivity index (χ0) is 21.7. The molecule has 6 nitrogen and oxygen atoms in total. The molecule has 3 fully saturated rings. The number of rotatable bonds is 3. The number of hydrogen-bond acceptors (Lipinski definition) is 5. The number of piperidine rings is 1. The van der Waals surface area contributed by atoms with Gasteiger partial charge in [0.25, 0.3) is 0 Å². The minimum absolute atomic E-state index is 0.123. The number of hydrogen-bond donors (Lipinski definition) is 2. The summed E-state index contributed by atoms with van der Waals surface area (Å²) in [6.07, 6.45) is 7.10. The van der Waals surface area contributed by atoms with Gasteiger partial charge in [-0.25, -0.2) is 9.37 Å². The lowest BCUT2D eigenvalue weighted by molar-refractivity contribution is 0.231. The molecule has 0 radical (unpaired) electrons. The van der Waals surface area contributed by atoms with Gasteiger partial charge in [0.1, 0.15) is 11.6 Å². The molecule has 0 spiro atoms. The second-order valence-corrected chi connectivity index (χ2v) is 9.63. The van der Waals surface area contributed by atoms with Gasteiger partial charge in [0.15, 0.2) is 0 Å². The van der Waals surface area contributed by atoms with Crippen LogP contribution in [-0.4, -0.2) is 52.1 Å². The van der Waals surface area contributed by atoms with E-state index in [1.165, 1.54) is 31.3 Å². The molecule has 0 aliphatic carbocycles. The van der Waals surface area contributed by atoms with Crippen LogP contribution in [0.5, 0.6) is 0 Å². The van der Waals surface area contributed by atoms with E-state index in [9.17, 15) is 4.39 Å². The van der Waals surface area contributed by atoms with Gasteiger partial charge in [-0.2, -0.15) is 0 Å². The number of piperazine rings is 1. The summed E-state index contributed by atoms with van der Waals surface area (Å²) >= 11 is 0. The number of aryl methyl sites for hydroxylation is 1. The summed E-state index contributed by atoms with van der Waals surface area (Å²) in [6.45, 7) is 6.52. The van der Waals surface area contributed by atoms with Crippen LogP contribution in [0.25, 0.3) is 11.0 Å². The zero-order valence-electron chi connectivity index (χ0n) is 18.6. The lowest BCUT2D eigenvalue weighted by Crippen LogP contribution is -2.50. The van der Waals surface area contributed by atoms with E-state index in [0.29, 0.717) is 6.04 Å². The van der Waals surface area contributed by atoms with Crippen molar-refractivity contribution in [1.29, 1.82) is 0 Å². The molecule has 168 valence electrons. The lowest BCUT2D eigenvalue weighted by Gasteiger charge is -2.38. The van der Waals surface area contributed by atoms with Gasteiger partial charge >= 0.3 is 0 Å². The SMILES string of the molecule is Cc1cc(F)cnc1[C@@H]1CCC[C@H](c2nc3cccc(N4CCN5CCCC5C4)c3[nH]2)N1. The number of aromatic amines is 1. The summed E-state index contributed by atoms with van der Waals surface area (Å²) in [5.74, 6) is 0.721. The molecular formula is C25H31FN6. The number of H-pyrrole nitrogens is 1. The molecule has 3 atom stereocenters. The van der Waals surface area contributed by atoms with Crippen LogP contribution >= 0.6 is 0 Å². The maximum Gasteiger partial charge on any atom is 0.141 e. The summed E-state index contributed by atoms with van der Waals surface area (Å²) in [7, 11) is 0. The van der Waals surface area contributed by atoms with Gasteiger partial charge in [-0.15, -0.1) is 0 Å². The molecule has 3 aromatic rings. The summed E-state index contributed by atoms with van der Waals surface area (Å²) in [5, 5.41) is 3.74. The molecule has 2 N–H and O–H groups in total. The van der Waals surface area contributed by atoms with Crippen molar-refractivity contribution < 1.29 is 4.39 Å². The van der Waals surface area contributed by atoms with Crippen LogP contribution in [0, 0.1) is 12.7 Å². The van der Waals surface area contributed by atoms with E-state index in [2.05, 4.69) is 43.3 Å². The van der Waals surface area contributed by atoms with Crippen molar-refractivity contribution in [3.63, 3.8) is 0 Å². The smallest absolute Gasteiger partial charge is 0.141 e. The molecule has 0 bridgehead atoms. The number of anilines is 1. The van der Waals surface area contributed by atoms with Crippen LogP contribution in [0.3, 0.4) is 0 Å². The highest BCUT2D eigenvalue weighted by molar-refractivity contribution is 5.89. The number of nitrogens with zero attached hydrogens (tertiary/aromatic N) is 4. The van der Waals surface area contributed by atoms with Crippen molar-refractivity contribution in [3.8, 4) is 0 Å². The van der Waals surface area contributed by atoms with E-state index in [1.807, 2.05) is 6.92 Å². The fraction of sp³-hybridized carbons (Fsp3) is 0.520. The first-order chi connectivity index (χ1) is 15.7.